The summed E-state index contributed by atoms with van der Waals surface area (Å²) < 4.78 is 71.9. The minimum Gasteiger partial charge on any atom is -0.457 e. The number of carbonyl (C=O) groups is 1. The Morgan fingerprint density at radius 2 is 1.58 bits per heavy atom. The van der Waals surface area contributed by atoms with Gasteiger partial charge in [0.1, 0.15) is 17.2 Å². The highest BCUT2D eigenvalue weighted by Gasteiger charge is 2.53. The van der Waals surface area contributed by atoms with Crippen LogP contribution in [0.1, 0.15) is 31.2 Å². The molecule has 38 heavy (non-hydrogen) atoms. The van der Waals surface area contributed by atoms with Crippen molar-refractivity contribution in [1.29, 1.82) is 0 Å². The van der Waals surface area contributed by atoms with Crippen LogP contribution in [0.15, 0.2) is 78.0 Å². The Morgan fingerprint density at radius 3 is 2.11 bits per heavy atom. The van der Waals surface area contributed by atoms with Crippen LogP contribution in [0.3, 0.4) is 0 Å². The summed E-state index contributed by atoms with van der Waals surface area (Å²) in [5, 5.41) is 9.39. The Hall–Kier alpha value is -3.64. The van der Waals surface area contributed by atoms with E-state index in [1.54, 1.807) is 17.9 Å². The number of alkyl halides is 3. The smallest absolute Gasteiger partial charge is 0.457 e. The van der Waals surface area contributed by atoms with E-state index in [1.807, 2.05) is 12.1 Å². The normalized spacial score (nSPS) is 19.9. The number of ether oxygens (including phenoxy) is 2. The van der Waals surface area contributed by atoms with E-state index in [-0.39, 0.29) is 35.2 Å². The second-order valence-electron chi connectivity index (χ2n) is 9.04. The number of benzene rings is 2. The van der Waals surface area contributed by atoms with Crippen molar-refractivity contribution in [3.8, 4) is 17.2 Å². The molecule has 1 heterocycles. The van der Waals surface area contributed by atoms with Gasteiger partial charge in [-0.25, -0.2) is 13.9 Å². The Kier molecular flexibility index (Phi) is 7.93. The van der Waals surface area contributed by atoms with Crippen LogP contribution in [0.25, 0.3) is 0 Å². The third-order valence-electron chi connectivity index (χ3n) is 6.62. The molecule has 2 N–H and O–H groups in total. The van der Waals surface area contributed by atoms with E-state index in [0.717, 1.165) is 17.7 Å². The second kappa shape index (κ2) is 11.0. The van der Waals surface area contributed by atoms with E-state index >= 15 is 0 Å². The number of sulfone groups is 1. The van der Waals surface area contributed by atoms with E-state index in [0.29, 0.717) is 19.3 Å². The van der Waals surface area contributed by atoms with Crippen LogP contribution in [-0.4, -0.2) is 35.6 Å². The van der Waals surface area contributed by atoms with Gasteiger partial charge < -0.3 is 9.47 Å². The summed E-state index contributed by atoms with van der Waals surface area (Å²) in [6, 6.07) is 13.8. The zero-order chi connectivity index (χ0) is 27.4. The SMILES string of the molecule is O=C(NO)C1(S(=O)(=O)c2ccc(Oc3ccc(OC(F)(F)F)cc3)cc2)CCC(Cc2cccnc2)CC1. The highest BCUT2D eigenvalue weighted by Crippen LogP contribution is 2.42. The van der Waals surface area contributed by atoms with E-state index < -0.39 is 32.6 Å². The number of rotatable bonds is 8. The lowest BCUT2D eigenvalue weighted by atomic mass is 9.78. The molecule has 1 fully saturated rings. The largest absolute Gasteiger partial charge is 0.573 e. The van der Waals surface area contributed by atoms with Crippen LogP contribution in [0, 0.1) is 5.92 Å². The molecule has 3 aromatic rings. The molecule has 0 spiro atoms. The van der Waals surface area contributed by atoms with E-state index in [1.165, 1.54) is 36.4 Å². The number of carbonyl (C=O) groups excluding carboxylic acids is 1. The summed E-state index contributed by atoms with van der Waals surface area (Å²) in [6.07, 6.45) is 0.342. The average Bonchev–Trinajstić information content (AvgIpc) is 2.90. The molecule has 0 bridgehead atoms. The van der Waals surface area contributed by atoms with Crippen LogP contribution in [0.2, 0.25) is 0 Å². The number of halogens is 3. The molecule has 12 heteroatoms. The third-order valence-corrected chi connectivity index (χ3v) is 9.13. The van der Waals surface area contributed by atoms with Gasteiger partial charge in [0, 0.05) is 12.4 Å². The number of hydrogen-bond acceptors (Lipinski definition) is 7. The topological polar surface area (TPSA) is 115 Å². The molecule has 0 saturated heterocycles. The molecule has 2 aromatic carbocycles. The molecule has 0 atom stereocenters. The van der Waals surface area contributed by atoms with Crippen molar-refractivity contribution in [1.82, 2.24) is 10.5 Å². The molecular weight excluding hydrogens is 525 g/mol. The predicted molar refractivity (Wildman–Crippen MR) is 129 cm³/mol. The Balaban J connectivity index is 1.48. The van der Waals surface area contributed by atoms with Gasteiger partial charge in [0.2, 0.25) is 0 Å². The predicted octanol–water partition coefficient (Wildman–Crippen LogP) is 5.22. The molecule has 1 aromatic heterocycles. The number of pyridine rings is 1. The highest BCUT2D eigenvalue weighted by atomic mass is 32.2. The lowest BCUT2D eigenvalue weighted by Gasteiger charge is -2.37. The zero-order valence-corrected chi connectivity index (χ0v) is 20.8. The minimum absolute atomic E-state index is 0.0389. The van der Waals surface area contributed by atoms with Crippen molar-refractivity contribution in [2.75, 3.05) is 0 Å². The number of amides is 1. The average molecular weight is 551 g/mol. The van der Waals surface area contributed by atoms with Gasteiger partial charge in [-0.15, -0.1) is 13.2 Å². The monoisotopic (exact) mass is 550 g/mol. The first-order chi connectivity index (χ1) is 18.0. The standard InChI is InChI=1S/C26H25F3N2O6S/c27-26(28,29)37-22-5-3-20(4-6-22)36-21-7-9-23(10-8-21)38(34,35)25(24(32)31-33)13-11-18(12-14-25)16-19-2-1-15-30-17-19/h1-10,15,17-18,33H,11-14,16H2,(H,31,32). The zero-order valence-electron chi connectivity index (χ0n) is 20.0. The molecule has 0 unspecified atom stereocenters. The summed E-state index contributed by atoms with van der Waals surface area (Å²) in [6.45, 7) is 0. The van der Waals surface area contributed by atoms with Gasteiger partial charge in [0.05, 0.1) is 4.90 Å². The molecule has 1 aliphatic rings. The van der Waals surface area contributed by atoms with Gasteiger partial charge in [-0.3, -0.25) is 15.0 Å². The lowest BCUT2D eigenvalue weighted by molar-refractivity contribution is -0.274. The molecule has 1 saturated carbocycles. The lowest BCUT2D eigenvalue weighted by Crippen LogP contribution is -2.53. The molecule has 1 amide bonds. The summed E-state index contributed by atoms with van der Waals surface area (Å²) >= 11 is 0. The van der Waals surface area contributed by atoms with Crippen molar-refractivity contribution >= 4 is 15.7 Å². The molecule has 0 aliphatic heterocycles. The van der Waals surface area contributed by atoms with Gasteiger partial charge in [-0.05, 0) is 98.2 Å². The van der Waals surface area contributed by atoms with Crippen molar-refractivity contribution in [3.05, 3.63) is 78.6 Å². The van der Waals surface area contributed by atoms with Crippen LogP contribution < -0.4 is 15.0 Å². The maximum atomic E-state index is 13.7. The van der Waals surface area contributed by atoms with E-state index in [9.17, 15) is 31.6 Å². The minimum atomic E-state index is -4.81. The summed E-state index contributed by atoms with van der Waals surface area (Å²) in [5.74, 6) is -0.780. The van der Waals surface area contributed by atoms with Gasteiger partial charge in [0.15, 0.2) is 14.6 Å². The molecule has 8 nitrogen and oxygen atoms in total. The fourth-order valence-electron chi connectivity index (χ4n) is 4.68. The molecule has 202 valence electrons. The number of hydroxylamine groups is 1. The van der Waals surface area contributed by atoms with Gasteiger partial charge in [-0.1, -0.05) is 6.07 Å². The Bertz CT molecular complexity index is 1340. The van der Waals surface area contributed by atoms with Crippen LogP contribution in [0.5, 0.6) is 17.2 Å². The molecule has 4 rings (SSSR count). The number of aromatic nitrogens is 1. The fourth-order valence-corrected chi connectivity index (χ4v) is 6.69. The van der Waals surface area contributed by atoms with Gasteiger partial charge in [0.25, 0.3) is 5.91 Å². The number of hydrogen-bond donors (Lipinski definition) is 2. The maximum Gasteiger partial charge on any atom is 0.573 e. The number of nitrogens with one attached hydrogen (secondary N) is 1. The van der Waals surface area contributed by atoms with E-state index in [2.05, 4.69) is 9.72 Å². The summed E-state index contributed by atoms with van der Waals surface area (Å²) in [5.41, 5.74) is 2.57. The van der Waals surface area contributed by atoms with Gasteiger partial charge in [-0.2, -0.15) is 0 Å². The second-order valence-corrected chi connectivity index (χ2v) is 11.3. The summed E-state index contributed by atoms with van der Waals surface area (Å²) in [4.78, 5) is 16.7. The molecular formula is C26H25F3N2O6S. The first kappa shape index (κ1) is 27.4. The van der Waals surface area contributed by atoms with Crippen LogP contribution in [-0.2, 0) is 21.1 Å². The first-order valence-corrected chi connectivity index (χ1v) is 13.2. The third kappa shape index (κ3) is 6.08. The number of nitrogens with zero attached hydrogens (tertiary/aromatic N) is 1. The first-order valence-electron chi connectivity index (χ1n) is 11.7. The van der Waals surface area contributed by atoms with Crippen molar-refractivity contribution in [2.45, 2.75) is 48.1 Å². The maximum absolute atomic E-state index is 13.7. The quantitative estimate of drug-likeness (QED) is 0.292. The summed E-state index contributed by atoms with van der Waals surface area (Å²) in [7, 11) is -4.21. The van der Waals surface area contributed by atoms with E-state index in [4.69, 9.17) is 4.74 Å². The van der Waals surface area contributed by atoms with Crippen molar-refractivity contribution in [3.63, 3.8) is 0 Å². The Morgan fingerprint density at radius 1 is 1.00 bits per heavy atom. The van der Waals surface area contributed by atoms with Crippen LogP contribution in [0.4, 0.5) is 13.2 Å². The van der Waals surface area contributed by atoms with Crippen molar-refractivity contribution < 1.29 is 41.1 Å². The van der Waals surface area contributed by atoms with Gasteiger partial charge >= 0.3 is 6.36 Å². The highest BCUT2D eigenvalue weighted by molar-refractivity contribution is 7.93. The van der Waals surface area contributed by atoms with Crippen LogP contribution >= 0.6 is 0 Å². The van der Waals surface area contributed by atoms with Crippen molar-refractivity contribution in [2.24, 2.45) is 5.92 Å². The molecule has 1 aliphatic carbocycles. The fraction of sp³-hybridized carbons (Fsp3) is 0.308. The Labute approximate surface area is 217 Å². The molecule has 0 radical (unpaired) electrons.